The van der Waals surface area contributed by atoms with Crippen LogP contribution in [0.4, 0.5) is 5.69 Å². The van der Waals surface area contributed by atoms with E-state index >= 15 is 0 Å². The van der Waals surface area contributed by atoms with Crippen molar-refractivity contribution in [3.8, 4) is 0 Å². The van der Waals surface area contributed by atoms with Gasteiger partial charge in [0, 0.05) is 16.4 Å². The summed E-state index contributed by atoms with van der Waals surface area (Å²) in [6.45, 7) is 0. The lowest BCUT2D eigenvalue weighted by Gasteiger charge is -2.13. The van der Waals surface area contributed by atoms with Crippen LogP contribution in [0.15, 0.2) is 21.8 Å². The smallest absolute Gasteiger partial charge is 0.306 e. The minimum absolute atomic E-state index is 0.0962. The topological polar surface area (TPSA) is 65.2 Å². The molecule has 98 valence electrons. The molecule has 2 rings (SSSR count). The lowest BCUT2D eigenvalue weighted by molar-refractivity contribution is -0.141. The molecule has 1 aliphatic carbocycles. The highest BCUT2D eigenvalue weighted by Gasteiger charge is 2.44. The first-order valence-corrected chi connectivity index (χ1v) is 7.43. The maximum atomic E-state index is 11.3. The first kappa shape index (κ1) is 13.7. The summed E-state index contributed by atoms with van der Waals surface area (Å²) in [6, 6.07) is 1.84. The highest BCUT2D eigenvalue weighted by Crippen LogP contribution is 2.52. The Morgan fingerprint density at radius 2 is 2.39 bits per heavy atom. The van der Waals surface area contributed by atoms with Gasteiger partial charge in [0.1, 0.15) is 5.03 Å². The molecule has 6 heteroatoms. The summed E-state index contributed by atoms with van der Waals surface area (Å²) in [5, 5.41) is 0.828. The van der Waals surface area contributed by atoms with Crippen molar-refractivity contribution in [2.24, 2.45) is 5.41 Å². The summed E-state index contributed by atoms with van der Waals surface area (Å²) < 4.78 is 5.60. The molecule has 4 nitrogen and oxygen atoms in total. The van der Waals surface area contributed by atoms with Crippen molar-refractivity contribution >= 4 is 39.3 Å². The average Bonchev–Trinajstić information content (AvgIpc) is 3.08. The third-order valence-corrected chi connectivity index (χ3v) is 4.87. The van der Waals surface area contributed by atoms with Gasteiger partial charge in [0.2, 0.25) is 0 Å². The molecular weight excluding hydrogens is 316 g/mol. The predicted octanol–water partition coefficient (Wildman–Crippen LogP) is 2.86. The van der Waals surface area contributed by atoms with Crippen LogP contribution in [0, 0.1) is 5.41 Å². The number of esters is 1. The molecule has 18 heavy (non-hydrogen) atoms. The fourth-order valence-corrected chi connectivity index (χ4v) is 3.25. The van der Waals surface area contributed by atoms with Crippen LogP contribution in [-0.2, 0) is 9.53 Å². The van der Waals surface area contributed by atoms with Gasteiger partial charge in [-0.2, -0.15) is 0 Å². The quantitative estimate of drug-likeness (QED) is 0.664. The zero-order valence-electron chi connectivity index (χ0n) is 10.1. The number of ether oxygens (including phenoxy) is 1. The van der Waals surface area contributed by atoms with Gasteiger partial charge in [-0.3, -0.25) is 4.79 Å². The van der Waals surface area contributed by atoms with Gasteiger partial charge in [-0.05, 0) is 40.3 Å². The molecule has 0 amide bonds. The number of nitrogens with two attached hydrogens (primary N) is 1. The summed E-state index contributed by atoms with van der Waals surface area (Å²) >= 11 is 4.94. The van der Waals surface area contributed by atoms with Gasteiger partial charge < -0.3 is 10.5 Å². The molecule has 1 fully saturated rings. The van der Waals surface area contributed by atoms with Crippen molar-refractivity contribution in [2.45, 2.75) is 24.3 Å². The molecule has 0 aliphatic heterocycles. The molecule has 1 aromatic heterocycles. The lowest BCUT2D eigenvalue weighted by atomic mass is 10.1. The Hall–Kier alpha value is -0.750. The van der Waals surface area contributed by atoms with Crippen molar-refractivity contribution < 1.29 is 9.53 Å². The van der Waals surface area contributed by atoms with Crippen molar-refractivity contribution in [3.63, 3.8) is 0 Å². The van der Waals surface area contributed by atoms with Crippen LogP contribution >= 0.6 is 27.7 Å². The van der Waals surface area contributed by atoms with Gasteiger partial charge in [0.05, 0.1) is 19.2 Å². The van der Waals surface area contributed by atoms with Crippen molar-refractivity contribution in [1.29, 1.82) is 0 Å². The van der Waals surface area contributed by atoms with E-state index in [2.05, 4.69) is 20.9 Å². The Kier molecular flexibility index (Phi) is 4.17. The number of carbonyl (C=O) groups excluding carboxylic acids is 1. The minimum Gasteiger partial charge on any atom is -0.469 e. The first-order valence-electron chi connectivity index (χ1n) is 5.65. The second-order valence-corrected chi connectivity index (χ2v) is 6.47. The zero-order valence-corrected chi connectivity index (χ0v) is 12.5. The number of halogens is 1. The lowest BCUT2D eigenvalue weighted by Crippen LogP contribution is -2.13. The molecule has 0 aromatic carbocycles. The molecule has 1 heterocycles. The SMILES string of the molecule is COC(=O)CC1(CSc2ncc(Br)cc2N)CC1. The van der Waals surface area contributed by atoms with E-state index in [1.54, 1.807) is 18.0 Å². The highest BCUT2D eigenvalue weighted by molar-refractivity contribution is 9.10. The standard InChI is InChI=1S/C12H15BrN2O2S/c1-17-10(16)5-12(2-3-12)7-18-11-9(14)4-8(13)6-15-11/h4,6H,2-3,5,7,14H2,1H3. The second kappa shape index (κ2) is 5.48. The van der Waals surface area contributed by atoms with Crippen molar-refractivity contribution in [2.75, 3.05) is 18.6 Å². The van der Waals surface area contributed by atoms with Gasteiger partial charge in [-0.15, -0.1) is 11.8 Å². The normalized spacial score (nSPS) is 16.3. The Bertz CT molecular complexity index is 463. The Morgan fingerprint density at radius 1 is 1.67 bits per heavy atom. The molecule has 1 saturated carbocycles. The number of nitrogens with zero attached hydrogens (tertiary/aromatic N) is 1. The molecule has 0 radical (unpaired) electrons. The van der Waals surface area contributed by atoms with Gasteiger partial charge in [0.25, 0.3) is 0 Å². The summed E-state index contributed by atoms with van der Waals surface area (Å²) in [6.07, 6.45) is 4.38. The van der Waals surface area contributed by atoms with E-state index in [9.17, 15) is 4.79 Å². The van der Waals surface area contributed by atoms with Crippen LogP contribution in [0.25, 0.3) is 0 Å². The van der Waals surface area contributed by atoms with Crippen LogP contribution in [0.2, 0.25) is 0 Å². The van der Waals surface area contributed by atoms with Gasteiger partial charge >= 0.3 is 5.97 Å². The number of hydrogen-bond acceptors (Lipinski definition) is 5. The first-order chi connectivity index (χ1) is 8.54. The third-order valence-electron chi connectivity index (χ3n) is 3.06. The number of anilines is 1. The minimum atomic E-state index is -0.134. The van der Waals surface area contributed by atoms with E-state index in [1.807, 2.05) is 6.07 Å². The maximum Gasteiger partial charge on any atom is 0.306 e. The van der Waals surface area contributed by atoms with E-state index in [0.717, 1.165) is 28.1 Å². The molecule has 0 spiro atoms. The van der Waals surface area contributed by atoms with Gasteiger partial charge in [-0.25, -0.2) is 4.98 Å². The van der Waals surface area contributed by atoms with Crippen LogP contribution < -0.4 is 5.73 Å². The maximum absolute atomic E-state index is 11.3. The van der Waals surface area contributed by atoms with E-state index in [0.29, 0.717) is 12.1 Å². The van der Waals surface area contributed by atoms with E-state index in [-0.39, 0.29) is 11.4 Å². The zero-order chi connectivity index (χ0) is 13.2. The number of pyridine rings is 1. The predicted molar refractivity (Wildman–Crippen MR) is 75.4 cm³/mol. The highest BCUT2D eigenvalue weighted by atomic mass is 79.9. The third kappa shape index (κ3) is 3.38. The van der Waals surface area contributed by atoms with Gasteiger partial charge in [0.15, 0.2) is 0 Å². The van der Waals surface area contributed by atoms with E-state index in [4.69, 9.17) is 10.5 Å². The number of carbonyl (C=O) groups is 1. The second-order valence-electron chi connectivity index (χ2n) is 4.59. The summed E-state index contributed by atoms with van der Waals surface area (Å²) in [5.74, 6) is 0.728. The Morgan fingerprint density at radius 3 is 2.94 bits per heavy atom. The molecule has 1 aliphatic rings. The fourth-order valence-electron chi connectivity index (χ4n) is 1.71. The van der Waals surface area contributed by atoms with Crippen LogP contribution in [0.3, 0.4) is 0 Å². The fraction of sp³-hybridized carbons (Fsp3) is 0.500. The number of hydrogen-bond donors (Lipinski definition) is 1. The van der Waals surface area contributed by atoms with Crippen molar-refractivity contribution in [1.82, 2.24) is 4.98 Å². The van der Waals surface area contributed by atoms with E-state index in [1.165, 1.54) is 7.11 Å². The summed E-state index contributed by atoms with van der Waals surface area (Å²) in [4.78, 5) is 15.6. The monoisotopic (exact) mass is 330 g/mol. The number of rotatable bonds is 5. The number of thioether (sulfide) groups is 1. The van der Waals surface area contributed by atoms with Crippen LogP contribution in [0.5, 0.6) is 0 Å². The molecule has 0 atom stereocenters. The molecular formula is C12H15BrN2O2S. The molecule has 1 aromatic rings. The van der Waals surface area contributed by atoms with Crippen LogP contribution in [0.1, 0.15) is 19.3 Å². The molecule has 2 N–H and O–H groups in total. The Labute approximate surface area is 119 Å². The largest absolute Gasteiger partial charge is 0.469 e. The van der Waals surface area contributed by atoms with E-state index < -0.39 is 0 Å². The number of aromatic nitrogens is 1. The molecule has 0 bridgehead atoms. The molecule has 0 saturated heterocycles. The molecule has 0 unspecified atom stereocenters. The van der Waals surface area contributed by atoms with Crippen molar-refractivity contribution in [3.05, 3.63) is 16.7 Å². The van der Waals surface area contributed by atoms with Gasteiger partial charge in [-0.1, -0.05) is 0 Å². The van der Waals surface area contributed by atoms with Crippen LogP contribution in [-0.4, -0.2) is 23.8 Å². The average molecular weight is 331 g/mol. The number of nitrogen functional groups attached to an aromatic ring is 1. The summed E-state index contributed by atoms with van der Waals surface area (Å²) in [5.41, 5.74) is 6.66. The Balaban J connectivity index is 1.93. The summed E-state index contributed by atoms with van der Waals surface area (Å²) in [7, 11) is 1.43. The number of methoxy groups -OCH3 is 1.